The van der Waals surface area contributed by atoms with Crippen molar-refractivity contribution in [2.75, 3.05) is 11.5 Å². The Morgan fingerprint density at radius 2 is 2.11 bits per heavy atom. The molecule has 1 aromatic rings. The Kier molecular flexibility index (Phi) is 4.77. The third kappa shape index (κ3) is 5.17. The van der Waals surface area contributed by atoms with Crippen LogP contribution in [0.2, 0.25) is 0 Å². The lowest BCUT2D eigenvalue weighted by molar-refractivity contribution is -0.151. The number of ether oxygens (including phenoxy) is 1. The normalized spacial score (nSPS) is 11.1. The van der Waals surface area contributed by atoms with Crippen LogP contribution < -0.4 is 5.73 Å². The molecule has 1 rings (SSSR count). The molecule has 0 amide bonds. The van der Waals surface area contributed by atoms with Gasteiger partial charge in [-0.15, -0.1) is 0 Å². The molecule has 0 aliphatic carbocycles. The van der Waals surface area contributed by atoms with Crippen molar-refractivity contribution in [3.8, 4) is 0 Å². The van der Waals surface area contributed by atoms with Gasteiger partial charge in [0.05, 0.1) is 17.0 Å². The first-order valence-corrected chi connectivity index (χ1v) is 6.51. The lowest BCUT2D eigenvalue weighted by atomic mass is 10.2. The Morgan fingerprint density at radius 1 is 1.47 bits per heavy atom. The van der Waals surface area contributed by atoms with Crippen molar-refractivity contribution >= 4 is 29.4 Å². The van der Waals surface area contributed by atoms with E-state index < -0.39 is 11.6 Å². The van der Waals surface area contributed by atoms with Gasteiger partial charge in [-0.2, -0.15) is 0 Å². The van der Waals surface area contributed by atoms with Crippen LogP contribution in [0, 0.1) is 0 Å². The maximum absolute atomic E-state index is 11.5. The van der Waals surface area contributed by atoms with Crippen LogP contribution in [0.3, 0.4) is 0 Å². The number of carboxylic acids is 1. The number of thioether (sulfide) groups is 1. The number of aromatic nitrogens is 1. The summed E-state index contributed by atoms with van der Waals surface area (Å²) in [4.78, 5) is 26.1. The highest BCUT2D eigenvalue weighted by Gasteiger charge is 2.17. The van der Waals surface area contributed by atoms with Crippen LogP contribution in [0.4, 0.5) is 5.69 Å². The number of nitrogen functional groups attached to an aromatic ring is 1. The van der Waals surface area contributed by atoms with Gasteiger partial charge >= 0.3 is 11.9 Å². The number of carbonyl (C=O) groups is 2. The van der Waals surface area contributed by atoms with E-state index in [4.69, 9.17) is 15.6 Å². The Morgan fingerprint density at radius 3 is 2.58 bits per heavy atom. The molecule has 0 aliphatic heterocycles. The minimum absolute atomic E-state index is 0.0131. The van der Waals surface area contributed by atoms with Gasteiger partial charge in [0.1, 0.15) is 10.6 Å². The highest BCUT2D eigenvalue weighted by Crippen LogP contribution is 2.23. The monoisotopic (exact) mass is 284 g/mol. The Balaban J connectivity index is 2.64. The summed E-state index contributed by atoms with van der Waals surface area (Å²) in [5.41, 5.74) is 5.38. The molecule has 3 N–H and O–H groups in total. The molecule has 0 bridgehead atoms. The van der Waals surface area contributed by atoms with Crippen LogP contribution in [0.1, 0.15) is 31.1 Å². The number of hydrogen-bond acceptors (Lipinski definition) is 6. The summed E-state index contributed by atoms with van der Waals surface area (Å²) in [7, 11) is 0. The number of carbonyl (C=O) groups excluding carboxylic acids is 1. The molecule has 0 aliphatic rings. The Bertz CT molecular complexity index is 497. The predicted octanol–water partition coefficient (Wildman–Crippen LogP) is 1.80. The maximum atomic E-state index is 11.5. The predicted molar refractivity (Wildman–Crippen MR) is 72.2 cm³/mol. The molecule has 19 heavy (non-hydrogen) atoms. The minimum atomic E-state index is -1.09. The number of aromatic carboxylic acids is 1. The lowest BCUT2D eigenvalue weighted by Gasteiger charge is -2.19. The third-order valence-corrected chi connectivity index (χ3v) is 2.87. The van der Waals surface area contributed by atoms with Crippen molar-refractivity contribution in [3.05, 3.63) is 17.8 Å². The van der Waals surface area contributed by atoms with Crippen molar-refractivity contribution in [3.63, 3.8) is 0 Å². The molecular formula is C12H16N2O4S. The second-order valence-electron chi connectivity index (χ2n) is 4.80. The molecular weight excluding hydrogens is 268 g/mol. The molecule has 0 unspecified atom stereocenters. The summed E-state index contributed by atoms with van der Waals surface area (Å²) in [6.07, 6.45) is 1.20. The van der Waals surface area contributed by atoms with Crippen LogP contribution in [0.5, 0.6) is 0 Å². The van der Waals surface area contributed by atoms with Gasteiger partial charge in [-0.1, -0.05) is 11.8 Å². The molecule has 104 valence electrons. The average Bonchev–Trinajstić information content (AvgIpc) is 2.24. The first-order chi connectivity index (χ1) is 8.69. The number of nitrogens with two attached hydrogens (primary N) is 1. The van der Waals surface area contributed by atoms with E-state index >= 15 is 0 Å². The van der Waals surface area contributed by atoms with Gasteiger partial charge in [-0.25, -0.2) is 9.78 Å². The molecule has 0 aromatic carbocycles. The quantitative estimate of drug-likeness (QED) is 0.641. The summed E-state index contributed by atoms with van der Waals surface area (Å²) >= 11 is 1.11. The highest BCUT2D eigenvalue weighted by atomic mass is 32.2. The first-order valence-electron chi connectivity index (χ1n) is 5.52. The number of hydrogen-bond donors (Lipinski definition) is 2. The number of rotatable bonds is 4. The molecule has 0 radical (unpaired) electrons. The van der Waals surface area contributed by atoms with Gasteiger partial charge in [-0.05, 0) is 26.8 Å². The summed E-state index contributed by atoms with van der Waals surface area (Å²) in [5.74, 6) is -1.40. The van der Waals surface area contributed by atoms with Gasteiger partial charge in [0.2, 0.25) is 0 Å². The van der Waals surface area contributed by atoms with Crippen molar-refractivity contribution in [1.29, 1.82) is 0 Å². The summed E-state index contributed by atoms with van der Waals surface area (Å²) < 4.78 is 5.14. The van der Waals surface area contributed by atoms with Crippen molar-refractivity contribution in [2.45, 2.75) is 31.4 Å². The Labute approximate surface area is 115 Å². The molecule has 1 heterocycles. The maximum Gasteiger partial charge on any atom is 0.337 e. The van der Waals surface area contributed by atoms with Crippen LogP contribution in [-0.4, -0.2) is 33.4 Å². The third-order valence-electron chi connectivity index (χ3n) is 1.87. The van der Waals surface area contributed by atoms with Gasteiger partial charge in [0, 0.05) is 6.20 Å². The molecule has 0 saturated heterocycles. The molecule has 0 spiro atoms. The number of anilines is 1. The number of carboxylic acid groups (broad SMARTS) is 1. The van der Waals surface area contributed by atoms with E-state index in [1.807, 2.05) is 0 Å². The largest absolute Gasteiger partial charge is 0.478 e. The zero-order valence-electron chi connectivity index (χ0n) is 11.0. The summed E-state index contributed by atoms with van der Waals surface area (Å²) in [6.45, 7) is 5.34. The van der Waals surface area contributed by atoms with Gasteiger partial charge in [-0.3, -0.25) is 4.79 Å². The van der Waals surface area contributed by atoms with E-state index in [0.29, 0.717) is 5.03 Å². The topological polar surface area (TPSA) is 103 Å². The van der Waals surface area contributed by atoms with Crippen molar-refractivity contribution < 1.29 is 19.4 Å². The van der Waals surface area contributed by atoms with Crippen molar-refractivity contribution in [2.24, 2.45) is 0 Å². The van der Waals surface area contributed by atoms with E-state index in [1.165, 1.54) is 12.3 Å². The summed E-state index contributed by atoms with van der Waals surface area (Å²) in [5, 5.41) is 9.18. The smallest absolute Gasteiger partial charge is 0.337 e. The van der Waals surface area contributed by atoms with Crippen LogP contribution in [-0.2, 0) is 9.53 Å². The van der Waals surface area contributed by atoms with Crippen LogP contribution in [0.15, 0.2) is 17.3 Å². The average molecular weight is 284 g/mol. The van der Waals surface area contributed by atoms with E-state index in [0.717, 1.165) is 11.8 Å². The fourth-order valence-corrected chi connectivity index (χ4v) is 1.87. The molecule has 0 atom stereocenters. The van der Waals surface area contributed by atoms with E-state index in [9.17, 15) is 9.59 Å². The van der Waals surface area contributed by atoms with Gasteiger partial charge < -0.3 is 15.6 Å². The lowest BCUT2D eigenvalue weighted by Crippen LogP contribution is -2.25. The second-order valence-corrected chi connectivity index (χ2v) is 5.76. The molecule has 0 saturated carbocycles. The second kappa shape index (κ2) is 5.92. The van der Waals surface area contributed by atoms with Crippen molar-refractivity contribution in [1.82, 2.24) is 4.98 Å². The highest BCUT2D eigenvalue weighted by molar-refractivity contribution is 8.00. The number of esters is 1. The standard InChI is InChI=1S/C12H16N2O4S/c1-12(2,3)18-9(15)6-19-10-8(13)4-7(5-14-10)11(16)17/h4-5H,6,13H2,1-3H3,(H,16,17). The fraction of sp³-hybridized carbons (Fsp3) is 0.417. The zero-order valence-corrected chi connectivity index (χ0v) is 11.8. The SMILES string of the molecule is CC(C)(C)OC(=O)CSc1ncc(C(=O)O)cc1N. The molecule has 6 nitrogen and oxygen atoms in total. The molecule has 1 aromatic heterocycles. The zero-order chi connectivity index (χ0) is 14.6. The van der Waals surface area contributed by atoms with Gasteiger partial charge in [0.25, 0.3) is 0 Å². The summed E-state index contributed by atoms with van der Waals surface area (Å²) in [6, 6.07) is 1.31. The van der Waals surface area contributed by atoms with E-state index in [-0.39, 0.29) is 23.0 Å². The molecule has 7 heteroatoms. The fourth-order valence-electron chi connectivity index (χ4n) is 1.21. The number of nitrogens with zero attached hydrogens (tertiary/aromatic N) is 1. The van der Waals surface area contributed by atoms with Gasteiger partial charge in [0.15, 0.2) is 0 Å². The van der Waals surface area contributed by atoms with Crippen LogP contribution >= 0.6 is 11.8 Å². The number of pyridine rings is 1. The Hall–Kier alpha value is -1.76. The van der Waals surface area contributed by atoms with Crippen LogP contribution in [0.25, 0.3) is 0 Å². The first kappa shape index (κ1) is 15.3. The van der Waals surface area contributed by atoms with E-state index in [2.05, 4.69) is 4.98 Å². The minimum Gasteiger partial charge on any atom is -0.478 e. The molecule has 0 fully saturated rings. The van der Waals surface area contributed by atoms with E-state index in [1.54, 1.807) is 20.8 Å².